The summed E-state index contributed by atoms with van der Waals surface area (Å²) < 4.78 is 0. The van der Waals surface area contributed by atoms with Crippen LogP contribution in [0.15, 0.2) is 0 Å². The lowest BCUT2D eigenvalue weighted by molar-refractivity contribution is 0.222. The van der Waals surface area contributed by atoms with Crippen LogP contribution in [0, 0.1) is 28.6 Å². The van der Waals surface area contributed by atoms with Gasteiger partial charge in [-0.2, -0.15) is 5.26 Å². The standard InChI is InChI=1S/C15H26N2/c1-13(2)14-4-3-10-17(11-5-14)12-15(6-7-15)8-9-16/h13-14H,3-8,10-12H2,1-2H3. The van der Waals surface area contributed by atoms with Gasteiger partial charge in [0.2, 0.25) is 0 Å². The maximum atomic E-state index is 8.87. The van der Waals surface area contributed by atoms with Crippen LogP contribution in [0.3, 0.4) is 0 Å². The average Bonchev–Trinajstić information content (AvgIpc) is 3.04. The quantitative estimate of drug-likeness (QED) is 0.745. The molecule has 1 saturated carbocycles. The molecule has 0 aromatic rings. The molecule has 0 bridgehead atoms. The van der Waals surface area contributed by atoms with Crippen LogP contribution in [0.25, 0.3) is 0 Å². The molecule has 1 aliphatic carbocycles. The van der Waals surface area contributed by atoms with Gasteiger partial charge in [0.05, 0.1) is 6.07 Å². The SMILES string of the molecule is CC(C)C1CCCN(CC2(CC#N)CC2)CC1. The number of likely N-dealkylation sites (tertiary alicyclic amines) is 1. The normalized spacial score (nSPS) is 28.7. The Morgan fingerprint density at radius 3 is 2.65 bits per heavy atom. The Morgan fingerprint density at radius 1 is 1.29 bits per heavy atom. The van der Waals surface area contributed by atoms with Crippen molar-refractivity contribution in [3.63, 3.8) is 0 Å². The number of hydrogen-bond acceptors (Lipinski definition) is 2. The predicted molar refractivity (Wildman–Crippen MR) is 70.5 cm³/mol. The molecule has 0 spiro atoms. The smallest absolute Gasteiger partial charge is 0.0628 e. The fourth-order valence-corrected chi connectivity index (χ4v) is 3.22. The summed E-state index contributed by atoms with van der Waals surface area (Å²) in [4.78, 5) is 2.63. The van der Waals surface area contributed by atoms with Crippen molar-refractivity contribution in [1.29, 1.82) is 5.26 Å². The van der Waals surface area contributed by atoms with Crippen molar-refractivity contribution in [1.82, 2.24) is 4.90 Å². The molecule has 0 amide bonds. The predicted octanol–water partition coefficient (Wildman–Crippen LogP) is 3.44. The second-order valence-electron chi connectivity index (χ2n) is 6.55. The van der Waals surface area contributed by atoms with Gasteiger partial charge in [-0.25, -0.2) is 0 Å². The van der Waals surface area contributed by atoms with Crippen LogP contribution >= 0.6 is 0 Å². The van der Waals surface area contributed by atoms with Crippen molar-refractivity contribution in [2.45, 2.75) is 52.4 Å². The Bertz CT molecular complexity index is 286. The summed E-state index contributed by atoms with van der Waals surface area (Å²) in [6.45, 7) is 8.43. The number of rotatable bonds is 4. The summed E-state index contributed by atoms with van der Waals surface area (Å²) in [7, 11) is 0. The van der Waals surface area contributed by atoms with Gasteiger partial charge in [-0.1, -0.05) is 13.8 Å². The molecule has 0 aromatic carbocycles. The van der Waals surface area contributed by atoms with E-state index in [1.807, 2.05) is 0 Å². The van der Waals surface area contributed by atoms with E-state index in [0.717, 1.165) is 18.3 Å². The van der Waals surface area contributed by atoms with Gasteiger partial charge < -0.3 is 4.90 Å². The minimum absolute atomic E-state index is 0.395. The molecular weight excluding hydrogens is 208 g/mol. The lowest BCUT2D eigenvalue weighted by Gasteiger charge is -2.25. The van der Waals surface area contributed by atoms with E-state index in [0.29, 0.717) is 5.41 Å². The van der Waals surface area contributed by atoms with Crippen LogP contribution in [0.1, 0.15) is 52.4 Å². The third-order valence-corrected chi connectivity index (χ3v) is 4.78. The van der Waals surface area contributed by atoms with Crippen LogP contribution in [-0.2, 0) is 0 Å². The van der Waals surface area contributed by atoms with Gasteiger partial charge in [0.15, 0.2) is 0 Å². The molecule has 2 rings (SSSR count). The number of nitriles is 1. The summed E-state index contributed by atoms with van der Waals surface area (Å²) >= 11 is 0. The molecule has 1 heterocycles. The first-order valence-corrected chi connectivity index (χ1v) is 7.24. The van der Waals surface area contributed by atoms with E-state index in [4.69, 9.17) is 5.26 Å². The zero-order valence-corrected chi connectivity index (χ0v) is 11.4. The minimum Gasteiger partial charge on any atom is -0.303 e. The fourth-order valence-electron chi connectivity index (χ4n) is 3.22. The molecule has 2 heteroatoms. The summed E-state index contributed by atoms with van der Waals surface area (Å²) in [5, 5.41) is 8.87. The highest BCUT2D eigenvalue weighted by Gasteiger charge is 2.43. The van der Waals surface area contributed by atoms with Crippen molar-refractivity contribution in [2.24, 2.45) is 17.3 Å². The van der Waals surface area contributed by atoms with E-state index >= 15 is 0 Å². The summed E-state index contributed by atoms with van der Waals surface area (Å²) in [6, 6.07) is 2.38. The number of hydrogen-bond donors (Lipinski definition) is 0. The maximum Gasteiger partial charge on any atom is 0.0628 e. The molecule has 96 valence electrons. The van der Waals surface area contributed by atoms with Gasteiger partial charge in [-0.3, -0.25) is 0 Å². The second kappa shape index (κ2) is 5.40. The van der Waals surface area contributed by atoms with E-state index in [-0.39, 0.29) is 0 Å². The zero-order chi connectivity index (χ0) is 12.3. The minimum atomic E-state index is 0.395. The Morgan fingerprint density at radius 2 is 2.06 bits per heavy atom. The largest absolute Gasteiger partial charge is 0.303 e. The van der Waals surface area contributed by atoms with Gasteiger partial charge in [0.1, 0.15) is 0 Å². The molecule has 2 aliphatic rings. The van der Waals surface area contributed by atoms with Gasteiger partial charge in [0, 0.05) is 13.0 Å². The second-order valence-corrected chi connectivity index (χ2v) is 6.55. The molecule has 1 saturated heterocycles. The summed E-state index contributed by atoms with van der Waals surface area (Å²) in [5.41, 5.74) is 0.395. The fraction of sp³-hybridized carbons (Fsp3) is 0.933. The molecule has 1 unspecified atom stereocenters. The first-order valence-electron chi connectivity index (χ1n) is 7.24. The van der Waals surface area contributed by atoms with E-state index in [9.17, 15) is 0 Å². The molecular formula is C15H26N2. The van der Waals surface area contributed by atoms with Crippen molar-refractivity contribution in [2.75, 3.05) is 19.6 Å². The molecule has 0 aromatic heterocycles. The van der Waals surface area contributed by atoms with Crippen LogP contribution in [0.4, 0.5) is 0 Å². The van der Waals surface area contributed by atoms with E-state index in [1.54, 1.807) is 0 Å². The molecule has 0 N–H and O–H groups in total. The van der Waals surface area contributed by atoms with Gasteiger partial charge >= 0.3 is 0 Å². The van der Waals surface area contributed by atoms with Gasteiger partial charge in [-0.05, 0) is 62.4 Å². The van der Waals surface area contributed by atoms with E-state index in [2.05, 4.69) is 24.8 Å². The molecule has 17 heavy (non-hydrogen) atoms. The van der Waals surface area contributed by atoms with Crippen LogP contribution in [0.2, 0.25) is 0 Å². The first kappa shape index (κ1) is 12.9. The van der Waals surface area contributed by atoms with Crippen molar-refractivity contribution >= 4 is 0 Å². The lowest BCUT2D eigenvalue weighted by Crippen LogP contribution is -2.31. The van der Waals surface area contributed by atoms with E-state index < -0.39 is 0 Å². The van der Waals surface area contributed by atoms with Crippen LogP contribution in [-0.4, -0.2) is 24.5 Å². The molecule has 2 nitrogen and oxygen atoms in total. The van der Waals surface area contributed by atoms with E-state index in [1.165, 1.54) is 51.7 Å². The first-order chi connectivity index (χ1) is 8.15. The Kier molecular flexibility index (Phi) is 4.09. The molecule has 1 aliphatic heterocycles. The highest BCUT2D eigenvalue weighted by molar-refractivity contribution is 5.01. The highest BCUT2D eigenvalue weighted by atomic mass is 15.1. The van der Waals surface area contributed by atoms with Crippen LogP contribution < -0.4 is 0 Å². The maximum absolute atomic E-state index is 8.87. The average molecular weight is 234 g/mol. The zero-order valence-electron chi connectivity index (χ0n) is 11.4. The molecule has 1 atom stereocenters. The van der Waals surface area contributed by atoms with Gasteiger partial charge in [-0.15, -0.1) is 0 Å². The van der Waals surface area contributed by atoms with Gasteiger partial charge in [0.25, 0.3) is 0 Å². The lowest BCUT2D eigenvalue weighted by atomic mass is 9.89. The van der Waals surface area contributed by atoms with Crippen molar-refractivity contribution < 1.29 is 0 Å². The molecule has 2 fully saturated rings. The summed E-state index contributed by atoms with van der Waals surface area (Å²) in [6.07, 6.45) is 7.46. The third kappa shape index (κ3) is 3.45. The Hall–Kier alpha value is -0.550. The molecule has 0 radical (unpaired) electrons. The third-order valence-electron chi connectivity index (χ3n) is 4.78. The van der Waals surface area contributed by atoms with Crippen molar-refractivity contribution in [3.8, 4) is 6.07 Å². The summed E-state index contributed by atoms with van der Waals surface area (Å²) in [5.74, 6) is 1.76. The monoisotopic (exact) mass is 234 g/mol. The Labute approximate surface area is 106 Å². The highest BCUT2D eigenvalue weighted by Crippen LogP contribution is 2.49. The van der Waals surface area contributed by atoms with Crippen LogP contribution in [0.5, 0.6) is 0 Å². The Balaban J connectivity index is 1.81. The van der Waals surface area contributed by atoms with Crippen molar-refractivity contribution in [3.05, 3.63) is 0 Å². The topological polar surface area (TPSA) is 27.0 Å². The number of nitrogens with zero attached hydrogens (tertiary/aromatic N) is 2.